The Morgan fingerprint density at radius 1 is 0.895 bits per heavy atom. The van der Waals surface area contributed by atoms with Crippen molar-refractivity contribution in [3.05, 3.63) is 92.4 Å². The first-order valence-corrected chi connectivity index (χ1v) is 14.4. The molecule has 0 aliphatic heterocycles. The van der Waals surface area contributed by atoms with Gasteiger partial charge in [-0.1, -0.05) is 77.6 Å². The molecular formula is C26H25Cl4N3O4S. The van der Waals surface area contributed by atoms with Gasteiger partial charge < -0.3 is 10.2 Å². The number of benzene rings is 3. The molecule has 0 aliphatic carbocycles. The van der Waals surface area contributed by atoms with E-state index < -0.39 is 34.4 Å². The third kappa shape index (κ3) is 6.74. The first kappa shape index (κ1) is 30.1. The highest BCUT2D eigenvalue weighted by atomic mass is 35.5. The van der Waals surface area contributed by atoms with Crippen LogP contribution in [0, 0.1) is 0 Å². The van der Waals surface area contributed by atoms with Crippen LogP contribution in [0.3, 0.4) is 0 Å². The quantitative estimate of drug-likeness (QED) is 0.300. The molecule has 1 N–H and O–H groups in total. The molecule has 3 aromatic rings. The van der Waals surface area contributed by atoms with Gasteiger partial charge in [-0.15, -0.1) is 0 Å². The monoisotopic (exact) mass is 615 g/mol. The van der Waals surface area contributed by atoms with Crippen molar-refractivity contribution in [2.24, 2.45) is 0 Å². The molecule has 0 aliphatic rings. The molecule has 1 atom stereocenters. The second-order valence-electron chi connectivity index (χ2n) is 8.18. The number of likely N-dealkylation sites (N-methyl/N-ethyl adjacent to an activating group) is 1. The van der Waals surface area contributed by atoms with Crippen LogP contribution in [0.15, 0.2) is 71.6 Å². The van der Waals surface area contributed by atoms with E-state index in [1.807, 2.05) is 0 Å². The summed E-state index contributed by atoms with van der Waals surface area (Å²) in [6, 6.07) is 15.9. The van der Waals surface area contributed by atoms with Crippen molar-refractivity contribution in [1.82, 2.24) is 10.2 Å². The zero-order valence-corrected chi connectivity index (χ0v) is 24.3. The number of amides is 2. The summed E-state index contributed by atoms with van der Waals surface area (Å²) in [7, 11) is -2.83. The molecule has 7 nitrogen and oxygen atoms in total. The van der Waals surface area contributed by atoms with E-state index in [1.54, 1.807) is 43.3 Å². The fraction of sp³-hybridized carbons (Fsp3) is 0.231. The number of halogens is 4. The number of anilines is 1. The Balaban J connectivity index is 2.13. The number of nitrogens with zero attached hydrogens (tertiary/aromatic N) is 2. The SMILES string of the molecule is CC[C@@H](C(=O)NC)N(Cc1c(Cl)cccc1Cl)C(=O)CN(c1cc(Cl)ccc1Cl)S(=O)(=O)c1ccccc1. The molecule has 0 saturated carbocycles. The van der Waals surface area contributed by atoms with E-state index in [2.05, 4.69) is 5.32 Å². The minimum atomic E-state index is -4.28. The van der Waals surface area contributed by atoms with Gasteiger partial charge in [0, 0.05) is 34.2 Å². The van der Waals surface area contributed by atoms with Crippen molar-refractivity contribution in [3.63, 3.8) is 0 Å². The fourth-order valence-electron chi connectivity index (χ4n) is 3.85. The summed E-state index contributed by atoms with van der Waals surface area (Å²) in [4.78, 5) is 27.9. The first-order chi connectivity index (χ1) is 18.0. The average molecular weight is 617 g/mol. The summed E-state index contributed by atoms with van der Waals surface area (Å²) in [6.45, 7) is 0.930. The number of hydrogen-bond acceptors (Lipinski definition) is 4. The maximum atomic E-state index is 13.9. The summed E-state index contributed by atoms with van der Waals surface area (Å²) in [5.74, 6) is -1.10. The average Bonchev–Trinajstić information content (AvgIpc) is 2.90. The molecule has 3 rings (SSSR count). The van der Waals surface area contributed by atoms with Crippen molar-refractivity contribution >= 4 is 73.9 Å². The summed E-state index contributed by atoms with van der Waals surface area (Å²) in [5, 5.41) is 3.45. The molecule has 0 aromatic heterocycles. The van der Waals surface area contributed by atoms with E-state index in [-0.39, 0.29) is 33.6 Å². The third-order valence-corrected chi connectivity index (χ3v) is 8.85. The maximum absolute atomic E-state index is 13.9. The molecule has 0 saturated heterocycles. The molecule has 202 valence electrons. The van der Waals surface area contributed by atoms with Gasteiger partial charge in [0.2, 0.25) is 11.8 Å². The highest BCUT2D eigenvalue weighted by Gasteiger charge is 2.34. The Kier molecular flexibility index (Phi) is 10.3. The zero-order valence-electron chi connectivity index (χ0n) is 20.5. The highest BCUT2D eigenvalue weighted by molar-refractivity contribution is 7.92. The lowest BCUT2D eigenvalue weighted by Gasteiger charge is -2.33. The minimum Gasteiger partial charge on any atom is -0.357 e. The fourth-order valence-corrected chi connectivity index (χ4v) is 6.25. The Bertz CT molecular complexity index is 1400. The predicted molar refractivity (Wildman–Crippen MR) is 153 cm³/mol. The summed E-state index contributed by atoms with van der Waals surface area (Å²) < 4.78 is 28.5. The van der Waals surface area contributed by atoms with Crippen LogP contribution in [-0.2, 0) is 26.2 Å². The molecule has 12 heteroatoms. The molecule has 0 spiro atoms. The number of carbonyl (C=O) groups is 2. The van der Waals surface area contributed by atoms with Crippen LogP contribution in [0.25, 0.3) is 0 Å². The highest BCUT2D eigenvalue weighted by Crippen LogP contribution is 2.34. The molecule has 0 bridgehead atoms. The Morgan fingerprint density at radius 3 is 2.11 bits per heavy atom. The van der Waals surface area contributed by atoms with Crippen LogP contribution in [0.1, 0.15) is 18.9 Å². The van der Waals surface area contributed by atoms with Gasteiger partial charge in [-0.2, -0.15) is 0 Å². The summed E-state index contributed by atoms with van der Waals surface area (Å²) in [5.41, 5.74) is 0.435. The van der Waals surface area contributed by atoms with Crippen LogP contribution in [0.5, 0.6) is 0 Å². The minimum absolute atomic E-state index is 0.0140. The van der Waals surface area contributed by atoms with Gasteiger partial charge in [-0.3, -0.25) is 13.9 Å². The number of sulfonamides is 1. The molecular weight excluding hydrogens is 592 g/mol. The topological polar surface area (TPSA) is 86.8 Å². The largest absolute Gasteiger partial charge is 0.357 e. The van der Waals surface area contributed by atoms with Crippen LogP contribution in [0.4, 0.5) is 5.69 Å². The smallest absolute Gasteiger partial charge is 0.264 e. The second kappa shape index (κ2) is 13.0. The van der Waals surface area contributed by atoms with Gasteiger partial charge in [0.25, 0.3) is 10.0 Å². The lowest BCUT2D eigenvalue weighted by molar-refractivity contribution is -0.140. The molecule has 2 amide bonds. The van der Waals surface area contributed by atoms with Crippen LogP contribution < -0.4 is 9.62 Å². The van der Waals surface area contributed by atoms with Crippen molar-refractivity contribution in [2.45, 2.75) is 30.8 Å². The number of hydrogen-bond donors (Lipinski definition) is 1. The van der Waals surface area contributed by atoms with E-state index in [4.69, 9.17) is 46.4 Å². The zero-order chi connectivity index (χ0) is 28.0. The number of carbonyl (C=O) groups excluding carboxylic acids is 2. The molecule has 0 radical (unpaired) electrons. The Morgan fingerprint density at radius 2 is 1.53 bits per heavy atom. The molecule has 0 unspecified atom stereocenters. The third-order valence-electron chi connectivity index (χ3n) is 5.81. The second-order valence-corrected chi connectivity index (χ2v) is 11.7. The van der Waals surface area contributed by atoms with Gasteiger partial charge >= 0.3 is 0 Å². The van der Waals surface area contributed by atoms with E-state index in [1.165, 1.54) is 42.3 Å². The van der Waals surface area contributed by atoms with E-state index >= 15 is 0 Å². The summed E-state index contributed by atoms with van der Waals surface area (Å²) >= 11 is 25.3. The molecule has 38 heavy (non-hydrogen) atoms. The van der Waals surface area contributed by atoms with Crippen molar-refractivity contribution in [1.29, 1.82) is 0 Å². The number of rotatable bonds is 10. The Labute approximate surface area is 242 Å². The van der Waals surface area contributed by atoms with Crippen molar-refractivity contribution < 1.29 is 18.0 Å². The maximum Gasteiger partial charge on any atom is 0.264 e. The van der Waals surface area contributed by atoms with E-state index in [0.717, 1.165) is 4.31 Å². The van der Waals surface area contributed by atoms with Gasteiger partial charge in [0.1, 0.15) is 12.6 Å². The van der Waals surface area contributed by atoms with Crippen LogP contribution >= 0.6 is 46.4 Å². The van der Waals surface area contributed by atoms with Crippen LogP contribution in [-0.4, -0.2) is 44.8 Å². The van der Waals surface area contributed by atoms with Gasteiger partial charge in [-0.25, -0.2) is 8.42 Å². The lowest BCUT2D eigenvalue weighted by Crippen LogP contribution is -2.51. The van der Waals surface area contributed by atoms with E-state index in [0.29, 0.717) is 15.6 Å². The predicted octanol–water partition coefficient (Wildman–Crippen LogP) is 6.05. The van der Waals surface area contributed by atoms with Crippen molar-refractivity contribution in [3.8, 4) is 0 Å². The first-order valence-electron chi connectivity index (χ1n) is 11.5. The molecule has 3 aromatic carbocycles. The standard InChI is InChI=1S/C26H25Cl4N3O4S/c1-3-23(26(35)31-2)32(15-19-20(28)10-7-11-21(19)29)25(34)16-33(24-14-17(27)12-13-22(24)30)38(36,37)18-8-5-4-6-9-18/h4-14,23H,3,15-16H2,1-2H3,(H,31,35)/t23-/m0/s1. The number of nitrogens with one attached hydrogen (secondary N) is 1. The van der Waals surface area contributed by atoms with Gasteiger partial charge in [0.05, 0.1) is 15.6 Å². The van der Waals surface area contributed by atoms with Gasteiger partial charge in [0.15, 0.2) is 0 Å². The van der Waals surface area contributed by atoms with Gasteiger partial charge in [-0.05, 0) is 48.9 Å². The van der Waals surface area contributed by atoms with Crippen molar-refractivity contribution in [2.75, 3.05) is 17.9 Å². The van der Waals surface area contributed by atoms with Crippen LogP contribution in [0.2, 0.25) is 20.1 Å². The summed E-state index contributed by atoms with van der Waals surface area (Å²) in [6.07, 6.45) is 0.247. The molecule has 0 fully saturated rings. The lowest BCUT2D eigenvalue weighted by atomic mass is 10.1. The molecule has 0 heterocycles. The van der Waals surface area contributed by atoms with E-state index in [9.17, 15) is 18.0 Å². The normalized spacial score (nSPS) is 12.1. The Hall–Kier alpha value is -2.49.